The lowest BCUT2D eigenvalue weighted by Crippen LogP contribution is -2.58. The zero-order valence-electron chi connectivity index (χ0n) is 11.0. The molecule has 1 fully saturated rings. The molecule has 1 aliphatic carbocycles. The second-order valence-electron chi connectivity index (χ2n) is 5.30. The van der Waals surface area contributed by atoms with E-state index in [-0.39, 0.29) is 23.2 Å². The molecule has 0 bridgehead atoms. The first-order valence-corrected chi connectivity index (χ1v) is 6.29. The van der Waals surface area contributed by atoms with Crippen molar-refractivity contribution < 1.29 is 13.5 Å². The number of nitrogens with one attached hydrogen (secondary N) is 1. The molecule has 100 valence electrons. The van der Waals surface area contributed by atoms with Gasteiger partial charge in [0.2, 0.25) is 0 Å². The highest BCUT2D eigenvalue weighted by Crippen LogP contribution is 2.44. The maximum Gasteiger partial charge on any atom is 0.181 e. The maximum absolute atomic E-state index is 13.6. The van der Waals surface area contributed by atoms with Gasteiger partial charge in [-0.05, 0) is 25.5 Å². The lowest BCUT2D eigenvalue weighted by molar-refractivity contribution is -0.0976. The van der Waals surface area contributed by atoms with Gasteiger partial charge in [0.15, 0.2) is 11.6 Å². The van der Waals surface area contributed by atoms with Crippen LogP contribution in [0.2, 0.25) is 0 Å². The molecule has 0 amide bonds. The summed E-state index contributed by atoms with van der Waals surface area (Å²) in [6, 6.07) is 4.29. The van der Waals surface area contributed by atoms with Crippen LogP contribution in [-0.2, 0) is 4.74 Å². The summed E-state index contributed by atoms with van der Waals surface area (Å²) in [7, 11) is 0. The Kier molecular flexibility index (Phi) is 3.57. The van der Waals surface area contributed by atoms with Crippen molar-refractivity contribution >= 4 is 5.69 Å². The summed E-state index contributed by atoms with van der Waals surface area (Å²) in [5.74, 6) is -1.63. The molecule has 0 aromatic heterocycles. The molecule has 18 heavy (non-hydrogen) atoms. The molecule has 0 spiro atoms. The van der Waals surface area contributed by atoms with E-state index < -0.39 is 11.6 Å². The largest absolute Gasteiger partial charge is 0.379 e. The molecule has 2 nitrogen and oxygen atoms in total. The summed E-state index contributed by atoms with van der Waals surface area (Å²) >= 11 is 0. The van der Waals surface area contributed by atoms with E-state index >= 15 is 0 Å². The van der Waals surface area contributed by atoms with Crippen molar-refractivity contribution in [3.8, 4) is 0 Å². The fourth-order valence-electron chi connectivity index (χ4n) is 2.42. The highest BCUT2D eigenvalue weighted by atomic mass is 19.2. The number of halogens is 2. The molecule has 1 saturated carbocycles. The van der Waals surface area contributed by atoms with Crippen LogP contribution in [0.15, 0.2) is 18.2 Å². The van der Waals surface area contributed by atoms with Crippen LogP contribution >= 0.6 is 0 Å². The Morgan fingerprint density at radius 1 is 1.39 bits per heavy atom. The fraction of sp³-hybridized carbons (Fsp3) is 0.571. The summed E-state index contributed by atoms with van der Waals surface area (Å²) in [6.07, 6.45) is 0.994. The molecule has 0 heterocycles. The van der Waals surface area contributed by atoms with Gasteiger partial charge in [-0.15, -0.1) is 0 Å². The third-order valence-corrected chi connectivity index (χ3v) is 3.83. The van der Waals surface area contributed by atoms with Crippen LogP contribution in [0.5, 0.6) is 0 Å². The monoisotopic (exact) mass is 255 g/mol. The van der Waals surface area contributed by atoms with Gasteiger partial charge in [-0.1, -0.05) is 19.9 Å². The quantitative estimate of drug-likeness (QED) is 0.888. The molecule has 0 aliphatic heterocycles. The molecular formula is C14H19F2NO. The van der Waals surface area contributed by atoms with Crippen LogP contribution in [0.4, 0.5) is 14.5 Å². The van der Waals surface area contributed by atoms with Gasteiger partial charge in [-0.2, -0.15) is 0 Å². The predicted molar refractivity (Wildman–Crippen MR) is 67.6 cm³/mol. The normalized spacial score (nSPS) is 25.6. The van der Waals surface area contributed by atoms with Gasteiger partial charge in [0.25, 0.3) is 0 Å². The molecule has 1 aliphatic rings. The molecular weight excluding hydrogens is 236 g/mol. The Labute approximate surface area is 106 Å². The van der Waals surface area contributed by atoms with Crippen LogP contribution in [-0.4, -0.2) is 18.8 Å². The van der Waals surface area contributed by atoms with E-state index in [1.165, 1.54) is 6.07 Å². The minimum absolute atomic E-state index is 0.0746. The zero-order valence-corrected chi connectivity index (χ0v) is 11.0. The number of benzene rings is 1. The highest BCUT2D eigenvalue weighted by molar-refractivity contribution is 5.47. The Morgan fingerprint density at radius 3 is 2.72 bits per heavy atom. The van der Waals surface area contributed by atoms with Gasteiger partial charge in [0.1, 0.15) is 0 Å². The number of hydrogen-bond donors (Lipinski definition) is 1. The fourth-order valence-corrected chi connectivity index (χ4v) is 2.42. The van der Waals surface area contributed by atoms with Crippen molar-refractivity contribution in [2.75, 3.05) is 11.9 Å². The van der Waals surface area contributed by atoms with Crippen molar-refractivity contribution in [1.29, 1.82) is 0 Å². The average molecular weight is 255 g/mol. The van der Waals surface area contributed by atoms with Crippen molar-refractivity contribution in [2.45, 2.75) is 39.3 Å². The van der Waals surface area contributed by atoms with E-state index in [2.05, 4.69) is 19.2 Å². The molecule has 0 radical (unpaired) electrons. The molecule has 4 heteroatoms. The van der Waals surface area contributed by atoms with Crippen LogP contribution in [0.1, 0.15) is 27.2 Å². The smallest absolute Gasteiger partial charge is 0.181 e. The van der Waals surface area contributed by atoms with Crippen LogP contribution in [0.25, 0.3) is 0 Å². The standard InChI is InChI=1S/C14H19F2NO/c1-4-18-12-8-11(14(12,2)3)17-10-7-5-6-9(15)13(10)16/h5-7,11-12,17H,4,8H2,1-3H3. The molecule has 2 rings (SSSR count). The predicted octanol–water partition coefficient (Wildman–Crippen LogP) is 3.58. The van der Waals surface area contributed by atoms with Crippen molar-refractivity contribution in [1.82, 2.24) is 0 Å². The van der Waals surface area contributed by atoms with E-state index in [0.29, 0.717) is 6.61 Å². The van der Waals surface area contributed by atoms with Crippen LogP contribution < -0.4 is 5.32 Å². The van der Waals surface area contributed by atoms with E-state index in [1.54, 1.807) is 6.07 Å². The minimum Gasteiger partial charge on any atom is -0.379 e. The third kappa shape index (κ3) is 2.21. The first kappa shape index (κ1) is 13.3. The van der Waals surface area contributed by atoms with E-state index in [4.69, 9.17) is 4.74 Å². The van der Waals surface area contributed by atoms with Crippen molar-refractivity contribution in [2.24, 2.45) is 5.41 Å². The Bertz CT molecular complexity index is 434. The Hall–Kier alpha value is -1.16. The van der Waals surface area contributed by atoms with E-state index in [9.17, 15) is 8.78 Å². The highest BCUT2D eigenvalue weighted by Gasteiger charge is 2.49. The lowest BCUT2D eigenvalue weighted by atomic mass is 9.64. The lowest BCUT2D eigenvalue weighted by Gasteiger charge is -2.52. The second kappa shape index (κ2) is 4.84. The van der Waals surface area contributed by atoms with E-state index in [1.807, 2.05) is 6.92 Å². The topological polar surface area (TPSA) is 21.3 Å². The van der Waals surface area contributed by atoms with Crippen molar-refractivity contribution in [3.63, 3.8) is 0 Å². The van der Waals surface area contributed by atoms with Crippen LogP contribution in [0.3, 0.4) is 0 Å². The second-order valence-corrected chi connectivity index (χ2v) is 5.30. The van der Waals surface area contributed by atoms with Gasteiger partial charge in [0.05, 0.1) is 11.8 Å². The van der Waals surface area contributed by atoms with Gasteiger partial charge < -0.3 is 10.1 Å². The number of anilines is 1. The van der Waals surface area contributed by atoms with Crippen LogP contribution in [0, 0.1) is 17.0 Å². The summed E-state index contributed by atoms with van der Waals surface area (Å²) in [5.41, 5.74) is 0.150. The number of hydrogen-bond acceptors (Lipinski definition) is 2. The number of ether oxygens (including phenoxy) is 1. The average Bonchev–Trinajstić information content (AvgIpc) is 2.33. The third-order valence-electron chi connectivity index (χ3n) is 3.83. The maximum atomic E-state index is 13.6. The summed E-state index contributed by atoms with van der Waals surface area (Å²) < 4.78 is 32.3. The summed E-state index contributed by atoms with van der Waals surface area (Å²) in [4.78, 5) is 0. The summed E-state index contributed by atoms with van der Waals surface area (Å²) in [6.45, 7) is 6.79. The molecule has 1 aromatic rings. The molecule has 1 aromatic carbocycles. The summed E-state index contributed by atoms with van der Waals surface area (Å²) in [5, 5.41) is 3.07. The van der Waals surface area contributed by atoms with Crippen molar-refractivity contribution in [3.05, 3.63) is 29.8 Å². The van der Waals surface area contributed by atoms with Gasteiger partial charge in [-0.3, -0.25) is 0 Å². The Morgan fingerprint density at radius 2 is 2.11 bits per heavy atom. The first-order valence-electron chi connectivity index (χ1n) is 6.29. The zero-order chi connectivity index (χ0) is 13.3. The van der Waals surface area contributed by atoms with Gasteiger partial charge in [-0.25, -0.2) is 8.78 Å². The number of rotatable bonds is 4. The Balaban J connectivity index is 2.06. The first-order chi connectivity index (χ1) is 8.46. The SMILES string of the molecule is CCOC1CC(Nc2cccc(F)c2F)C1(C)C. The molecule has 1 N–H and O–H groups in total. The molecule has 0 saturated heterocycles. The van der Waals surface area contributed by atoms with Gasteiger partial charge >= 0.3 is 0 Å². The molecule has 2 unspecified atom stereocenters. The molecule has 2 atom stereocenters. The minimum atomic E-state index is -0.821. The van der Waals surface area contributed by atoms with Gasteiger partial charge in [0, 0.05) is 18.1 Å². The van der Waals surface area contributed by atoms with E-state index in [0.717, 1.165) is 12.5 Å².